The molecule has 0 spiro atoms. The number of hydrogen-bond acceptors (Lipinski definition) is 4. The molecule has 1 aromatic carbocycles. The predicted octanol–water partition coefficient (Wildman–Crippen LogP) is 3.08. The summed E-state index contributed by atoms with van der Waals surface area (Å²) in [6, 6.07) is 10.9. The second-order valence-corrected chi connectivity index (χ2v) is 5.92. The van der Waals surface area contributed by atoms with Crippen LogP contribution in [0.15, 0.2) is 47.6 Å². The van der Waals surface area contributed by atoms with Crippen molar-refractivity contribution in [2.24, 2.45) is 4.99 Å². The van der Waals surface area contributed by atoms with Crippen LogP contribution in [0.2, 0.25) is 0 Å². The summed E-state index contributed by atoms with van der Waals surface area (Å²) in [6.45, 7) is 1.97. The molecule has 2 N–H and O–H groups in total. The summed E-state index contributed by atoms with van der Waals surface area (Å²) in [7, 11) is 1.63. The Bertz CT molecular complexity index is 765. The number of aryl methyl sites for hydroxylation is 1. The standard InChI is InChI=1S/C19H23F3N4O2/c1-14-3-5-16(6-4-14)27-10-9-25-18(23-2)26-12-15-7-8-24-17(11-15)28-13-19(20,21)22/h3-8,11H,9-10,12-13H2,1-2H3,(H2,23,25,26). The minimum atomic E-state index is -4.40. The Kier molecular flexibility index (Phi) is 7.91. The van der Waals surface area contributed by atoms with E-state index < -0.39 is 12.8 Å². The molecular weight excluding hydrogens is 373 g/mol. The van der Waals surface area contributed by atoms with Gasteiger partial charge in [-0.05, 0) is 30.7 Å². The Morgan fingerprint density at radius 3 is 2.54 bits per heavy atom. The Morgan fingerprint density at radius 2 is 1.86 bits per heavy atom. The van der Waals surface area contributed by atoms with Crippen molar-refractivity contribution in [3.8, 4) is 11.6 Å². The van der Waals surface area contributed by atoms with Crippen LogP contribution in [0.5, 0.6) is 11.6 Å². The molecule has 9 heteroatoms. The van der Waals surface area contributed by atoms with E-state index in [4.69, 9.17) is 4.74 Å². The SMILES string of the molecule is CN=C(NCCOc1ccc(C)cc1)NCc1ccnc(OCC(F)(F)F)c1. The number of nitrogens with zero attached hydrogens (tertiary/aromatic N) is 2. The molecule has 152 valence electrons. The molecule has 0 saturated carbocycles. The second-order valence-electron chi connectivity index (χ2n) is 5.92. The summed E-state index contributed by atoms with van der Waals surface area (Å²) in [4.78, 5) is 7.87. The first-order chi connectivity index (χ1) is 13.4. The number of aromatic nitrogens is 1. The molecule has 0 radical (unpaired) electrons. The number of ether oxygens (including phenoxy) is 2. The first-order valence-corrected chi connectivity index (χ1v) is 8.64. The molecule has 0 bridgehead atoms. The molecule has 0 amide bonds. The van der Waals surface area contributed by atoms with Gasteiger partial charge in [0.2, 0.25) is 5.88 Å². The lowest BCUT2D eigenvalue weighted by molar-refractivity contribution is -0.154. The summed E-state index contributed by atoms with van der Waals surface area (Å²) < 4.78 is 46.9. The van der Waals surface area contributed by atoms with E-state index in [1.165, 1.54) is 12.3 Å². The van der Waals surface area contributed by atoms with Crippen molar-refractivity contribution < 1.29 is 22.6 Å². The summed E-state index contributed by atoms with van der Waals surface area (Å²) >= 11 is 0. The maximum Gasteiger partial charge on any atom is 0.422 e. The normalized spacial score (nSPS) is 11.8. The van der Waals surface area contributed by atoms with Crippen molar-refractivity contribution in [2.45, 2.75) is 19.6 Å². The van der Waals surface area contributed by atoms with Crippen molar-refractivity contribution >= 4 is 5.96 Å². The minimum absolute atomic E-state index is 0.0777. The molecule has 0 saturated heterocycles. The first-order valence-electron chi connectivity index (χ1n) is 8.64. The van der Waals surface area contributed by atoms with Gasteiger partial charge in [0.05, 0.1) is 6.54 Å². The Morgan fingerprint density at radius 1 is 1.11 bits per heavy atom. The first kappa shape index (κ1) is 21.3. The van der Waals surface area contributed by atoms with E-state index in [1.54, 1.807) is 13.1 Å². The molecule has 0 atom stereocenters. The second kappa shape index (κ2) is 10.4. The number of rotatable bonds is 8. The van der Waals surface area contributed by atoms with E-state index >= 15 is 0 Å². The van der Waals surface area contributed by atoms with Crippen LogP contribution in [0.4, 0.5) is 13.2 Å². The molecule has 0 fully saturated rings. The monoisotopic (exact) mass is 396 g/mol. The number of halogens is 3. The summed E-state index contributed by atoms with van der Waals surface area (Å²) in [5.41, 5.74) is 1.88. The highest BCUT2D eigenvalue weighted by molar-refractivity contribution is 5.79. The highest BCUT2D eigenvalue weighted by Crippen LogP contribution is 2.17. The molecule has 1 aromatic heterocycles. The Labute approximate surface area is 161 Å². The zero-order valence-electron chi connectivity index (χ0n) is 15.7. The molecule has 6 nitrogen and oxygen atoms in total. The molecule has 0 aliphatic carbocycles. The quantitative estimate of drug-likeness (QED) is 0.408. The molecule has 1 heterocycles. The smallest absolute Gasteiger partial charge is 0.422 e. The molecule has 28 heavy (non-hydrogen) atoms. The summed E-state index contributed by atoms with van der Waals surface area (Å²) in [6.07, 6.45) is -3.00. The summed E-state index contributed by atoms with van der Waals surface area (Å²) in [5, 5.41) is 6.17. The van der Waals surface area contributed by atoms with E-state index in [0.717, 1.165) is 11.3 Å². The van der Waals surface area contributed by atoms with Gasteiger partial charge in [0.25, 0.3) is 0 Å². The van der Waals surface area contributed by atoms with E-state index in [1.807, 2.05) is 31.2 Å². The minimum Gasteiger partial charge on any atom is -0.492 e. The van der Waals surface area contributed by atoms with Crippen LogP contribution >= 0.6 is 0 Å². The lowest BCUT2D eigenvalue weighted by Gasteiger charge is -2.13. The van der Waals surface area contributed by atoms with Crippen molar-refractivity contribution in [1.82, 2.24) is 15.6 Å². The molecule has 0 aliphatic heterocycles. The Balaban J connectivity index is 1.73. The molecule has 2 aromatic rings. The van der Waals surface area contributed by atoms with Gasteiger partial charge < -0.3 is 20.1 Å². The maximum atomic E-state index is 12.2. The maximum absolute atomic E-state index is 12.2. The third-order valence-corrected chi connectivity index (χ3v) is 3.55. The van der Waals surface area contributed by atoms with Gasteiger partial charge in [0.15, 0.2) is 12.6 Å². The van der Waals surface area contributed by atoms with Gasteiger partial charge in [-0.25, -0.2) is 4.98 Å². The van der Waals surface area contributed by atoms with Crippen LogP contribution in [0.1, 0.15) is 11.1 Å². The van der Waals surface area contributed by atoms with Gasteiger partial charge in [-0.2, -0.15) is 13.2 Å². The third-order valence-electron chi connectivity index (χ3n) is 3.55. The predicted molar refractivity (Wildman–Crippen MR) is 101 cm³/mol. The van der Waals surface area contributed by atoms with Crippen molar-refractivity contribution in [2.75, 3.05) is 26.8 Å². The fraction of sp³-hybridized carbons (Fsp3) is 0.368. The zero-order valence-corrected chi connectivity index (χ0v) is 15.7. The fourth-order valence-electron chi connectivity index (χ4n) is 2.17. The lowest BCUT2D eigenvalue weighted by Crippen LogP contribution is -2.38. The van der Waals surface area contributed by atoms with E-state index in [0.29, 0.717) is 31.2 Å². The van der Waals surface area contributed by atoms with Crippen LogP contribution in [0.25, 0.3) is 0 Å². The van der Waals surface area contributed by atoms with Crippen LogP contribution < -0.4 is 20.1 Å². The highest BCUT2D eigenvalue weighted by Gasteiger charge is 2.28. The topological polar surface area (TPSA) is 67.8 Å². The Hall–Kier alpha value is -2.97. The van der Waals surface area contributed by atoms with E-state index in [2.05, 4.69) is 25.3 Å². The highest BCUT2D eigenvalue weighted by atomic mass is 19.4. The fourth-order valence-corrected chi connectivity index (χ4v) is 2.17. The third kappa shape index (κ3) is 8.15. The van der Waals surface area contributed by atoms with Gasteiger partial charge >= 0.3 is 6.18 Å². The van der Waals surface area contributed by atoms with Crippen LogP contribution in [-0.4, -0.2) is 43.9 Å². The molecule has 0 aliphatic rings. The number of pyridine rings is 1. The average molecular weight is 396 g/mol. The number of nitrogens with one attached hydrogen (secondary N) is 2. The molecule has 0 unspecified atom stereocenters. The van der Waals surface area contributed by atoms with Gasteiger partial charge in [0, 0.05) is 25.9 Å². The van der Waals surface area contributed by atoms with Gasteiger partial charge in [0.1, 0.15) is 12.4 Å². The molecule has 2 rings (SSSR count). The van der Waals surface area contributed by atoms with E-state index in [-0.39, 0.29) is 5.88 Å². The number of hydrogen-bond donors (Lipinski definition) is 2. The number of alkyl halides is 3. The number of aliphatic imine (C=N–C) groups is 1. The largest absolute Gasteiger partial charge is 0.492 e. The van der Waals surface area contributed by atoms with Gasteiger partial charge in [-0.15, -0.1) is 0 Å². The van der Waals surface area contributed by atoms with Crippen molar-refractivity contribution in [3.63, 3.8) is 0 Å². The van der Waals surface area contributed by atoms with Crippen LogP contribution in [0, 0.1) is 6.92 Å². The van der Waals surface area contributed by atoms with Crippen LogP contribution in [-0.2, 0) is 6.54 Å². The zero-order chi connectivity index (χ0) is 20.4. The molecular formula is C19H23F3N4O2. The van der Waals surface area contributed by atoms with Crippen molar-refractivity contribution in [3.05, 3.63) is 53.7 Å². The number of guanidine groups is 1. The average Bonchev–Trinajstić information content (AvgIpc) is 2.67. The van der Waals surface area contributed by atoms with E-state index in [9.17, 15) is 13.2 Å². The number of benzene rings is 1. The van der Waals surface area contributed by atoms with Crippen LogP contribution in [0.3, 0.4) is 0 Å². The van der Waals surface area contributed by atoms with Gasteiger partial charge in [-0.1, -0.05) is 17.7 Å². The van der Waals surface area contributed by atoms with Gasteiger partial charge in [-0.3, -0.25) is 4.99 Å². The summed E-state index contributed by atoms with van der Waals surface area (Å²) in [5.74, 6) is 1.26. The lowest BCUT2D eigenvalue weighted by atomic mass is 10.2. The van der Waals surface area contributed by atoms with Crippen molar-refractivity contribution in [1.29, 1.82) is 0 Å².